The lowest BCUT2D eigenvalue weighted by molar-refractivity contribution is -0.138. The van der Waals surface area contributed by atoms with Crippen LogP contribution in [0.4, 0.5) is 0 Å². The molecule has 0 heterocycles. The average molecular weight is 289 g/mol. The van der Waals surface area contributed by atoms with Crippen LogP contribution in [0.5, 0.6) is 11.5 Å². The number of aryl methyl sites for hydroxylation is 1. The number of phenolic OH excluding ortho intramolecular Hbond substituents is 2. The maximum Gasteiger partial charge on any atom is 0.320 e. The molecular weight excluding hydrogens is 270 g/mol. The monoisotopic (exact) mass is 289 g/mol. The molecule has 0 fully saturated rings. The van der Waals surface area contributed by atoms with E-state index in [1.165, 1.54) is 12.1 Å². The van der Waals surface area contributed by atoms with Gasteiger partial charge in [-0.2, -0.15) is 0 Å². The van der Waals surface area contributed by atoms with Gasteiger partial charge in [0.25, 0.3) is 0 Å². The normalized spacial score (nSPS) is 11.1. The van der Waals surface area contributed by atoms with Crippen molar-refractivity contribution in [3.05, 3.63) is 59.7 Å². The smallest absolute Gasteiger partial charge is 0.320 e. The van der Waals surface area contributed by atoms with E-state index in [2.05, 4.69) is 0 Å². The number of phenols is 2. The second-order valence-corrected chi connectivity index (χ2v) is 4.60. The fourth-order valence-electron chi connectivity index (χ4n) is 1.54. The molecule has 0 saturated carbocycles. The van der Waals surface area contributed by atoms with Gasteiger partial charge in [-0.1, -0.05) is 30.3 Å². The van der Waals surface area contributed by atoms with E-state index in [1.807, 2.05) is 25.1 Å². The number of carboxylic acid groups (broad SMARTS) is 1. The molecule has 5 heteroatoms. The summed E-state index contributed by atoms with van der Waals surface area (Å²) >= 11 is 0. The van der Waals surface area contributed by atoms with Gasteiger partial charge in [0.1, 0.15) is 17.5 Å². The molecule has 2 aromatic carbocycles. The van der Waals surface area contributed by atoms with Gasteiger partial charge in [-0.15, -0.1) is 0 Å². The van der Waals surface area contributed by atoms with Crippen molar-refractivity contribution in [3.63, 3.8) is 0 Å². The van der Waals surface area contributed by atoms with Crippen LogP contribution in [0.3, 0.4) is 0 Å². The number of nitrogens with two attached hydrogens (primary N) is 1. The highest BCUT2D eigenvalue weighted by atomic mass is 16.4. The first-order valence-electron chi connectivity index (χ1n) is 6.41. The molecule has 112 valence electrons. The van der Waals surface area contributed by atoms with E-state index >= 15 is 0 Å². The van der Waals surface area contributed by atoms with Crippen molar-refractivity contribution in [1.29, 1.82) is 0 Å². The van der Waals surface area contributed by atoms with Crippen LogP contribution in [0.15, 0.2) is 48.5 Å². The summed E-state index contributed by atoms with van der Waals surface area (Å²) in [5.41, 5.74) is 7.05. The zero-order valence-electron chi connectivity index (χ0n) is 11.7. The third-order valence-electron chi connectivity index (χ3n) is 2.82. The van der Waals surface area contributed by atoms with E-state index in [1.54, 1.807) is 18.2 Å². The Morgan fingerprint density at radius 2 is 1.67 bits per heavy atom. The Balaban J connectivity index is 0.000000235. The zero-order valence-corrected chi connectivity index (χ0v) is 11.7. The number of rotatable bonds is 3. The fraction of sp³-hybridized carbons (Fsp3) is 0.188. The predicted octanol–water partition coefficient (Wildman–Crippen LogP) is 2.05. The summed E-state index contributed by atoms with van der Waals surface area (Å²) in [6.07, 6.45) is 0.273. The summed E-state index contributed by atoms with van der Waals surface area (Å²) in [6.45, 7) is 1.87. The largest absolute Gasteiger partial charge is 0.508 e. The SMILES string of the molecule is Cc1ccccc1O.NC(Cc1ccc(O)cc1)C(=O)O. The molecule has 5 nitrogen and oxygen atoms in total. The maximum absolute atomic E-state index is 10.4. The van der Waals surface area contributed by atoms with Gasteiger partial charge in [-0.05, 0) is 42.7 Å². The van der Waals surface area contributed by atoms with Crippen LogP contribution >= 0.6 is 0 Å². The topological polar surface area (TPSA) is 104 Å². The summed E-state index contributed by atoms with van der Waals surface area (Å²) in [5.74, 6) is -0.492. The lowest BCUT2D eigenvalue weighted by Gasteiger charge is -2.05. The Labute approximate surface area is 123 Å². The minimum atomic E-state index is -1.02. The molecule has 2 aromatic rings. The van der Waals surface area contributed by atoms with Crippen LogP contribution in [-0.4, -0.2) is 27.3 Å². The number of carbonyl (C=O) groups is 1. The molecule has 0 saturated heterocycles. The number of benzene rings is 2. The van der Waals surface area contributed by atoms with Crippen molar-refractivity contribution in [1.82, 2.24) is 0 Å². The van der Waals surface area contributed by atoms with Crippen molar-refractivity contribution in [3.8, 4) is 11.5 Å². The summed E-state index contributed by atoms with van der Waals surface area (Å²) in [6, 6.07) is 12.7. The lowest BCUT2D eigenvalue weighted by Crippen LogP contribution is -2.32. The molecule has 0 aliphatic carbocycles. The lowest BCUT2D eigenvalue weighted by atomic mass is 10.1. The number of aromatic hydroxyl groups is 2. The first kappa shape index (κ1) is 16.5. The number of hydrogen-bond donors (Lipinski definition) is 4. The third-order valence-corrected chi connectivity index (χ3v) is 2.82. The molecular formula is C16H19NO4. The van der Waals surface area contributed by atoms with E-state index < -0.39 is 12.0 Å². The Morgan fingerprint density at radius 1 is 1.10 bits per heavy atom. The van der Waals surface area contributed by atoms with Crippen molar-refractivity contribution in [2.24, 2.45) is 5.73 Å². The minimum Gasteiger partial charge on any atom is -0.508 e. The van der Waals surface area contributed by atoms with E-state index in [9.17, 15) is 4.79 Å². The van der Waals surface area contributed by atoms with Gasteiger partial charge < -0.3 is 21.1 Å². The second-order valence-electron chi connectivity index (χ2n) is 4.60. The molecule has 0 aliphatic heterocycles. The van der Waals surface area contributed by atoms with E-state index in [4.69, 9.17) is 21.1 Å². The molecule has 0 aliphatic rings. The number of aliphatic carboxylic acids is 1. The van der Waals surface area contributed by atoms with Gasteiger partial charge in [-0.3, -0.25) is 4.79 Å². The highest BCUT2D eigenvalue weighted by Crippen LogP contribution is 2.12. The highest BCUT2D eigenvalue weighted by Gasteiger charge is 2.11. The molecule has 2 rings (SSSR count). The maximum atomic E-state index is 10.4. The molecule has 0 radical (unpaired) electrons. The van der Waals surface area contributed by atoms with Gasteiger partial charge in [0.05, 0.1) is 0 Å². The van der Waals surface area contributed by atoms with Crippen LogP contribution in [0.25, 0.3) is 0 Å². The van der Waals surface area contributed by atoms with E-state index in [0.29, 0.717) is 5.75 Å². The Morgan fingerprint density at radius 3 is 2.10 bits per heavy atom. The Kier molecular flexibility index (Phi) is 6.23. The van der Waals surface area contributed by atoms with Gasteiger partial charge in [0.15, 0.2) is 0 Å². The zero-order chi connectivity index (χ0) is 15.8. The van der Waals surface area contributed by atoms with Gasteiger partial charge in [-0.25, -0.2) is 0 Å². The Hall–Kier alpha value is -2.53. The first-order valence-corrected chi connectivity index (χ1v) is 6.41. The molecule has 5 N–H and O–H groups in total. The quantitative estimate of drug-likeness (QED) is 0.692. The van der Waals surface area contributed by atoms with Gasteiger partial charge >= 0.3 is 5.97 Å². The van der Waals surface area contributed by atoms with Crippen molar-refractivity contribution >= 4 is 5.97 Å². The van der Waals surface area contributed by atoms with Crippen LogP contribution in [0.1, 0.15) is 11.1 Å². The fourth-order valence-corrected chi connectivity index (χ4v) is 1.54. The minimum absolute atomic E-state index is 0.160. The van der Waals surface area contributed by atoms with Crippen molar-refractivity contribution in [2.45, 2.75) is 19.4 Å². The molecule has 0 aromatic heterocycles. The van der Waals surface area contributed by atoms with Gasteiger partial charge in [0, 0.05) is 0 Å². The highest BCUT2D eigenvalue weighted by molar-refractivity contribution is 5.73. The molecule has 21 heavy (non-hydrogen) atoms. The summed E-state index contributed by atoms with van der Waals surface area (Å²) in [5, 5.41) is 26.4. The second kappa shape index (κ2) is 7.91. The number of carboxylic acids is 1. The van der Waals surface area contributed by atoms with Crippen LogP contribution in [-0.2, 0) is 11.2 Å². The van der Waals surface area contributed by atoms with Crippen molar-refractivity contribution < 1.29 is 20.1 Å². The Bertz CT molecular complexity index is 560. The predicted molar refractivity (Wildman–Crippen MR) is 80.3 cm³/mol. The van der Waals surface area contributed by atoms with Crippen molar-refractivity contribution in [2.75, 3.05) is 0 Å². The van der Waals surface area contributed by atoms with Crippen LogP contribution in [0.2, 0.25) is 0 Å². The number of hydrogen-bond acceptors (Lipinski definition) is 4. The molecule has 0 bridgehead atoms. The molecule has 1 unspecified atom stereocenters. The summed E-state index contributed by atoms with van der Waals surface area (Å²) in [7, 11) is 0. The molecule has 1 atom stereocenters. The first-order chi connectivity index (χ1) is 9.90. The molecule has 0 spiro atoms. The van der Waals surface area contributed by atoms with Crippen LogP contribution < -0.4 is 5.73 Å². The van der Waals surface area contributed by atoms with E-state index in [-0.39, 0.29) is 12.2 Å². The standard InChI is InChI=1S/C9H11NO3.C7H8O/c10-8(9(12)13)5-6-1-3-7(11)4-2-6;1-6-4-2-3-5-7(6)8/h1-4,8,11H,5,10H2,(H,12,13);2-5,8H,1H3. The van der Waals surface area contributed by atoms with Gasteiger partial charge in [0.2, 0.25) is 0 Å². The van der Waals surface area contributed by atoms with Crippen LogP contribution in [0, 0.1) is 6.92 Å². The summed E-state index contributed by atoms with van der Waals surface area (Å²) < 4.78 is 0. The molecule has 0 amide bonds. The third kappa shape index (κ3) is 5.97. The number of para-hydroxylation sites is 1. The summed E-state index contributed by atoms with van der Waals surface area (Å²) in [4.78, 5) is 10.4. The average Bonchev–Trinajstić information content (AvgIpc) is 2.45. The van der Waals surface area contributed by atoms with E-state index in [0.717, 1.165) is 11.1 Å².